The molecule has 1 fully saturated rings. The summed E-state index contributed by atoms with van der Waals surface area (Å²) in [5.41, 5.74) is 1.41. The third-order valence-electron chi connectivity index (χ3n) is 3.71. The molecule has 2 aromatic rings. The van der Waals surface area contributed by atoms with Gasteiger partial charge in [0.25, 0.3) is 5.91 Å². The molecule has 1 aromatic carbocycles. The second-order valence-corrected chi connectivity index (χ2v) is 6.69. The van der Waals surface area contributed by atoms with Gasteiger partial charge in [0.1, 0.15) is 5.03 Å². The summed E-state index contributed by atoms with van der Waals surface area (Å²) < 4.78 is 5.08. The van der Waals surface area contributed by atoms with E-state index in [9.17, 15) is 14.4 Å². The fourth-order valence-electron chi connectivity index (χ4n) is 2.34. The normalized spacial score (nSPS) is 13.4. The maximum Gasteiger partial charge on any atom is 0.341 e. The molecule has 0 radical (unpaired) electrons. The smallest absolute Gasteiger partial charge is 0.341 e. The maximum atomic E-state index is 12.4. The van der Waals surface area contributed by atoms with Gasteiger partial charge in [0, 0.05) is 24.2 Å². The number of benzene rings is 1. The molecule has 3 rings (SSSR count). The number of aryl methyl sites for hydroxylation is 1. The third kappa shape index (κ3) is 4.20. The summed E-state index contributed by atoms with van der Waals surface area (Å²) in [5, 5.41) is 3.02. The van der Waals surface area contributed by atoms with Gasteiger partial charge in [-0.1, -0.05) is 29.5 Å². The molecule has 2 heterocycles. The van der Waals surface area contributed by atoms with Crippen LogP contribution in [0.25, 0.3) is 0 Å². The van der Waals surface area contributed by atoms with E-state index in [1.165, 1.54) is 11.8 Å². The molecular formula is C18H17N3O4S. The van der Waals surface area contributed by atoms with E-state index < -0.39 is 24.5 Å². The topological polar surface area (TPSA) is 88.6 Å². The van der Waals surface area contributed by atoms with Crippen LogP contribution >= 0.6 is 11.8 Å². The number of carbonyl (C=O) groups excluding carboxylic acids is 3. The van der Waals surface area contributed by atoms with Crippen molar-refractivity contribution in [2.75, 3.05) is 19.7 Å². The molecule has 1 aromatic heterocycles. The Kier molecular flexibility index (Phi) is 5.52. The number of hydrogen-bond donors (Lipinski definition) is 1. The molecule has 0 saturated carbocycles. The third-order valence-corrected chi connectivity index (χ3v) is 4.74. The molecule has 134 valence electrons. The fraction of sp³-hybridized carbons (Fsp3) is 0.222. The van der Waals surface area contributed by atoms with Crippen LogP contribution < -0.4 is 5.32 Å². The molecule has 0 bridgehead atoms. The van der Waals surface area contributed by atoms with Gasteiger partial charge in [-0.05, 0) is 31.2 Å². The Labute approximate surface area is 154 Å². The minimum absolute atomic E-state index is 0.274. The maximum absolute atomic E-state index is 12.4. The second-order valence-electron chi connectivity index (χ2n) is 5.62. The summed E-state index contributed by atoms with van der Waals surface area (Å²) in [6.07, 6.45) is 1.59. The summed E-state index contributed by atoms with van der Waals surface area (Å²) in [7, 11) is 0. The molecule has 26 heavy (non-hydrogen) atoms. The Morgan fingerprint density at radius 2 is 2.04 bits per heavy atom. The number of urea groups is 1. The summed E-state index contributed by atoms with van der Waals surface area (Å²) >= 11 is 1.34. The highest BCUT2D eigenvalue weighted by molar-refractivity contribution is 7.99. The average molecular weight is 371 g/mol. The van der Waals surface area contributed by atoms with E-state index in [2.05, 4.69) is 10.3 Å². The number of imide groups is 1. The lowest BCUT2D eigenvalue weighted by atomic mass is 10.2. The van der Waals surface area contributed by atoms with Gasteiger partial charge in [-0.15, -0.1) is 0 Å². The summed E-state index contributed by atoms with van der Waals surface area (Å²) in [4.78, 5) is 42.0. The minimum atomic E-state index is -0.652. The van der Waals surface area contributed by atoms with Crippen LogP contribution in [0.3, 0.4) is 0 Å². The van der Waals surface area contributed by atoms with Crippen molar-refractivity contribution >= 4 is 29.7 Å². The van der Waals surface area contributed by atoms with Gasteiger partial charge < -0.3 is 10.1 Å². The highest BCUT2D eigenvalue weighted by atomic mass is 32.2. The molecule has 1 saturated heterocycles. The van der Waals surface area contributed by atoms with Crippen LogP contribution in [0, 0.1) is 6.92 Å². The van der Waals surface area contributed by atoms with Gasteiger partial charge >= 0.3 is 12.0 Å². The van der Waals surface area contributed by atoms with E-state index in [-0.39, 0.29) is 12.1 Å². The molecule has 0 unspecified atom stereocenters. The Morgan fingerprint density at radius 3 is 2.73 bits per heavy atom. The van der Waals surface area contributed by atoms with Crippen molar-refractivity contribution in [3.05, 3.63) is 53.7 Å². The van der Waals surface area contributed by atoms with E-state index in [1.54, 1.807) is 18.3 Å². The van der Waals surface area contributed by atoms with Crippen molar-refractivity contribution in [2.24, 2.45) is 0 Å². The van der Waals surface area contributed by atoms with Gasteiger partial charge in [0.15, 0.2) is 6.61 Å². The van der Waals surface area contributed by atoms with Crippen LogP contribution in [-0.2, 0) is 9.53 Å². The average Bonchev–Trinajstić information content (AvgIpc) is 3.08. The molecule has 3 amide bonds. The molecule has 1 N–H and O–H groups in total. The molecule has 0 aliphatic carbocycles. The Morgan fingerprint density at radius 1 is 1.27 bits per heavy atom. The Hall–Kier alpha value is -2.87. The van der Waals surface area contributed by atoms with Crippen LogP contribution in [0.1, 0.15) is 15.9 Å². The van der Waals surface area contributed by atoms with E-state index in [0.29, 0.717) is 11.6 Å². The zero-order valence-corrected chi connectivity index (χ0v) is 14.9. The van der Waals surface area contributed by atoms with Crippen molar-refractivity contribution < 1.29 is 19.1 Å². The number of nitrogens with one attached hydrogen (secondary N) is 1. The van der Waals surface area contributed by atoms with Crippen LogP contribution in [0.5, 0.6) is 0 Å². The summed E-state index contributed by atoms with van der Waals surface area (Å²) in [5.74, 6) is -1.20. The van der Waals surface area contributed by atoms with Crippen molar-refractivity contribution in [2.45, 2.75) is 16.8 Å². The van der Waals surface area contributed by atoms with Gasteiger partial charge in [-0.3, -0.25) is 9.69 Å². The molecule has 0 atom stereocenters. The van der Waals surface area contributed by atoms with Crippen LogP contribution in [0.4, 0.5) is 4.79 Å². The first-order valence-electron chi connectivity index (χ1n) is 7.99. The van der Waals surface area contributed by atoms with E-state index in [0.717, 1.165) is 15.4 Å². The molecule has 1 aliphatic rings. The van der Waals surface area contributed by atoms with Gasteiger partial charge in [0.2, 0.25) is 0 Å². The number of carbonyl (C=O) groups is 3. The van der Waals surface area contributed by atoms with Gasteiger partial charge in [-0.25, -0.2) is 14.6 Å². The van der Waals surface area contributed by atoms with Gasteiger partial charge in [-0.2, -0.15) is 0 Å². The highest BCUT2D eigenvalue weighted by Crippen LogP contribution is 2.29. The fourth-order valence-corrected chi connectivity index (χ4v) is 3.21. The lowest BCUT2D eigenvalue weighted by molar-refractivity contribution is -0.130. The summed E-state index contributed by atoms with van der Waals surface area (Å²) in [6.45, 7) is 2.18. The lowest BCUT2D eigenvalue weighted by Gasteiger charge is -2.13. The number of hydrogen-bond acceptors (Lipinski definition) is 6. The van der Waals surface area contributed by atoms with Crippen LogP contribution in [-0.4, -0.2) is 47.5 Å². The Balaban J connectivity index is 1.66. The Bertz CT molecular complexity index is 839. The highest BCUT2D eigenvalue weighted by Gasteiger charge is 2.27. The van der Waals surface area contributed by atoms with E-state index in [1.807, 2.05) is 31.2 Å². The first kappa shape index (κ1) is 17.9. The predicted octanol–water partition coefficient (Wildman–Crippen LogP) is 2.25. The monoisotopic (exact) mass is 371 g/mol. The van der Waals surface area contributed by atoms with Gasteiger partial charge in [0.05, 0.1) is 5.56 Å². The number of pyridine rings is 1. The molecule has 0 spiro atoms. The molecule has 1 aliphatic heterocycles. The number of esters is 1. The number of nitrogens with zero attached hydrogens (tertiary/aromatic N) is 2. The standard InChI is InChI=1S/C18H17N3O4S/c1-12-4-6-13(7-5-12)26-16-14(3-2-8-19-16)17(23)25-11-15(22)21-10-9-20-18(21)24/h2-8H,9-11H2,1H3,(H,20,24). The number of rotatable bonds is 5. The largest absolute Gasteiger partial charge is 0.452 e. The first-order chi connectivity index (χ1) is 12.5. The van der Waals surface area contributed by atoms with Crippen molar-refractivity contribution in [3.63, 3.8) is 0 Å². The first-order valence-corrected chi connectivity index (χ1v) is 8.81. The molecule has 7 nitrogen and oxygen atoms in total. The zero-order chi connectivity index (χ0) is 18.5. The molecule has 8 heteroatoms. The van der Waals surface area contributed by atoms with E-state index >= 15 is 0 Å². The predicted molar refractivity (Wildman–Crippen MR) is 94.9 cm³/mol. The lowest BCUT2D eigenvalue weighted by Crippen LogP contribution is -2.37. The zero-order valence-electron chi connectivity index (χ0n) is 14.1. The van der Waals surface area contributed by atoms with Crippen LogP contribution in [0.2, 0.25) is 0 Å². The molecular weight excluding hydrogens is 354 g/mol. The number of ether oxygens (including phenoxy) is 1. The van der Waals surface area contributed by atoms with Crippen molar-refractivity contribution in [1.29, 1.82) is 0 Å². The van der Waals surface area contributed by atoms with Crippen LogP contribution in [0.15, 0.2) is 52.5 Å². The van der Waals surface area contributed by atoms with E-state index in [4.69, 9.17) is 4.74 Å². The second kappa shape index (κ2) is 8.01. The SMILES string of the molecule is Cc1ccc(Sc2ncccc2C(=O)OCC(=O)N2CCNC2=O)cc1. The van der Waals surface area contributed by atoms with Crippen molar-refractivity contribution in [1.82, 2.24) is 15.2 Å². The number of aromatic nitrogens is 1. The minimum Gasteiger partial charge on any atom is -0.452 e. The summed E-state index contributed by atoms with van der Waals surface area (Å²) in [6, 6.07) is 10.6. The number of amides is 3. The quantitative estimate of drug-likeness (QED) is 0.811. The van der Waals surface area contributed by atoms with Crippen molar-refractivity contribution in [3.8, 4) is 0 Å².